The van der Waals surface area contributed by atoms with Crippen LogP contribution in [0.4, 0.5) is 13.2 Å². The third kappa shape index (κ3) is 4.11. The van der Waals surface area contributed by atoms with E-state index in [1.807, 2.05) is 6.07 Å². The maximum Gasteiger partial charge on any atom is 0.534 e. The van der Waals surface area contributed by atoms with E-state index in [1.165, 1.54) is 6.07 Å². The summed E-state index contributed by atoms with van der Waals surface area (Å²) in [6, 6.07) is 23.6. The van der Waals surface area contributed by atoms with Gasteiger partial charge in [0.1, 0.15) is 0 Å². The van der Waals surface area contributed by atoms with Crippen molar-refractivity contribution in [2.45, 2.75) is 5.51 Å². The summed E-state index contributed by atoms with van der Waals surface area (Å²) >= 11 is 5.95. The second-order valence-electron chi connectivity index (χ2n) is 6.70. The Kier molecular flexibility index (Phi) is 5.41. The molecule has 158 valence electrons. The molecule has 0 heterocycles. The van der Waals surface area contributed by atoms with Crippen LogP contribution < -0.4 is 4.18 Å². The number of benzene rings is 4. The molecule has 0 aliphatic heterocycles. The van der Waals surface area contributed by atoms with Crippen LogP contribution in [0.5, 0.6) is 5.75 Å². The van der Waals surface area contributed by atoms with Crippen molar-refractivity contribution in [3.63, 3.8) is 0 Å². The Morgan fingerprint density at radius 3 is 1.94 bits per heavy atom. The van der Waals surface area contributed by atoms with Crippen molar-refractivity contribution >= 4 is 32.5 Å². The summed E-state index contributed by atoms with van der Waals surface area (Å²) in [4.78, 5) is 0. The molecule has 0 atom stereocenters. The van der Waals surface area contributed by atoms with Crippen LogP contribution in [-0.4, -0.2) is 13.9 Å². The maximum atomic E-state index is 13.1. The predicted octanol–water partition coefficient (Wildman–Crippen LogP) is 7.06. The van der Waals surface area contributed by atoms with E-state index in [0.29, 0.717) is 27.1 Å². The van der Waals surface area contributed by atoms with Crippen LogP contribution in [0.25, 0.3) is 33.0 Å². The number of halogens is 4. The lowest BCUT2D eigenvalue weighted by Gasteiger charge is -2.18. The number of hydrogen-bond donors (Lipinski definition) is 0. The zero-order valence-corrected chi connectivity index (χ0v) is 17.3. The van der Waals surface area contributed by atoms with E-state index < -0.39 is 21.4 Å². The third-order valence-corrected chi connectivity index (χ3v) is 5.93. The van der Waals surface area contributed by atoms with Crippen molar-refractivity contribution in [3.8, 4) is 28.0 Å². The highest BCUT2D eigenvalue weighted by molar-refractivity contribution is 7.88. The van der Waals surface area contributed by atoms with Gasteiger partial charge in [-0.15, -0.1) is 0 Å². The van der Waals surface area contributed by atoms with E-state index in [2.05, 4.69) is 4.18 Å². The summed E-state index contributed by atoms with van der Waals surface area (Å²) in [6.45, 7) is 0. The summed E-state index contributed by atoms with van der Waals surface area (Å²) in [6.07, 6.45) is 0. The Morgan fingerprint density at radius 1 is 0.742 bits per heavy atom. The second-order valence-corrected chi connectivity index (χ2v) is 8.67. The van der Waals surface area contributed by atoms with E-state index >= 15 is 0 Å². The smallest absolute Gasteiger partial charge is 0.375 e. The molecule has 0 saturated heterocycles. The second kappa shape index (κ2) is 7.90. The standard InChI is InChI=1S/C23H14ClF3O3S/c24-17-12-10-16(11-13-17)22-19-9-5-4-8-18(19)20(15-6-2-1-3-7-15)14-21(22)30-31(28,29)23(25,26)27/h1-14H. The predicted molar refractivity (Wildman–Crippen MR) is 115 cm³/mol. The van der Waals surface area contributed by atoms with Crippen molar-refractivity contribution in [1.29, 1.82) is 0 Å². The molecule has 31 heavy (non-hydrogen) atoms. The van der Waals surface area contributed by atoms with Gasteiger partial charge >= 0.3 is 15.6 Å². The molecule has 0 fully saturated rings. The zero-order valence-electron chi connectivity index (χ0n) is 15.7. The fourth-order valence-electron chi connectivity index (χ4n) is 3.35. The Balaban J connectivity index is 2.07. The lowest BCUT2D eigenvalue weighted by atomic mass is 9.91. The van der Waals surface area contributed by atoms with E-state index in [-0.39, 0.29) is 5.56 Å². The van der Waals surface area contributed by atoms with Crippen molar-refractivity contribution in [3.05, 3.63) is 90.0 Å². The first kappa shape index (κ1) is 21.2. The maximum absolute atomic E-state index is 13.1. The fraction of sp³-hybridized carbons (Fsp3) is 0.0435. The minimum Gasteiger partial charge on any atom is -0.375 e. The van der Waals surface area contributed by atoms with Gasteiger partial charge in [-0.1, -0.05) is 78.3 Å². The summed E-state index contributed by atoms with van der Waals surface area (Å²) in [5.74, 6) is -0.419. The molecular formula is C23H14ClF3O3S. The van der Waals surface area contributed by atoms with Crippen molar-refractivity contribution in [2.75, 3.05) is 0 Å². The van der Waals surface area contributed by atoms with Crippen molar-refractivity contribution < 1.29 is 25.8 Å². The Labute approximate surface area is 181 Å². The molecule has 4 aromatic carbocycles. The molecule has 0 aliphatic rings. The van der Waals surface area contributed by atoms with Crippen LogP contribution in [-0.2, 0) is 10.1 Å². The van der Waals surface area contributed by atoms with E-state index in [9.17, 15) is 21.6 Å². The molecule has 0 N–H and O–H groups in total. The van der Waals surface area contributed by atoms with Gasteiger partial charge in [-0.25, -0.2) is 0 Å². The van der Waals surface area contributed by atoms with Gasteiger partial charge in [-0.3, -0.25) is 0 Å². The molecule has 0 radical (unpaired) electrons. The Hall–Kier alpha value is -3.03. The van der Waals surface area contributed by atoms with Gasteiger partial charge in [-0.2, -0.15) is 21.6 Å². The molecule has 0 aromatic heterocycles. The van der Waals surface area contributed by atoms with Crippen LogP contribution in [0.15, 0.2) is 84.9 Å². The average molecular weight is 463 g/mol. The molecule has 0 saturated carbocycles. The summed E-state index contributed by atoms with van der Waals surface area (Å²) < 4.78 is 67.8. The van der Waals surface area contributed by atoms with Crippen LogP contribution in [0.3, 0.4) is 0 Å². The van der Waals surface area contributed by atoms with Crippen LogP contribution in [0.2, 0.25) is 5.02 Å². The highest BCUT2D eigenvalue weighted by Crippen LogP contribution is 2.44. The lowest BCUT2D eigenvalue weighted by Crippen LogP contribution is -2.28. The van der Waals surface area contributed by atoms with Gasteiger partial charge in [0.25, 0.3) is 0 Å². The Morgan fingerprint density at radius 2 is 1.32 bits per heavy atom. The molecule has 8 heteroatoms. The quantitative estimate of drug-likeness (QED) is 0.241. The number of hydrogen-bond acceptors (Lipinski definition) is 3. The van der Waals surface area contributed by atoms with Gasteiger partial charge in [-0.05, 0) is 45.7 Å². The minimum absolute atomic E-state index is 0.222. The van der Waals surface area contributed by atoms with Crippen LogP contribution >= 0.6 is 11.6 Å². The molecular weight excluding hydrogens is 449 g/mol. The number of rotatable bonds is 4. The molecule has 0 bridgehead atoms. The SMILES string of the molecule is O=S(=O)(Oc1cc(-c2ccccc2)c2ccccc2c1-c1ccc(Cl)cc1)C(F)(F)F. The minimum atomic E-state index is -5.88. The van der Waals surface area contributed by atoms with E-state index in [0.717, 1.165) is 5.39 Å². The average Bonchev–Trinajstić information content (AvgIpc) is 2.74. The molecule has 4 aromatic rings. The van der Waals surface area contributed by atoms with Gasteiger partial charge in [0.05, 0.1) is 0 Å². The van der Waals surface area contributed by atoms with Gasteiger partial charge in [0.15, 0.2) is 5.75 Å². The van der Waals surface area contributed by atoms with E-state index in [4.69, 9.17) is 11.6 Å². The van der Waals surface area contributed by atoms with Crippen LogP contribution in [0, 0.1) is 0 Å². The van der Waals surface area contributed by atoms with Gasteiger partial charge < -0.3 is 4.18 Å². The molecule has 4 rings (SSSR count). The topological polar surface area (TPSA) is 43.4 Å². The largest absolute Gasteiger partial charge is 0.534 e. The molecule has 0 unspecified atom stereocenters. The lowest BCUT2D eigenvalue weighted by molar-refractivity contribution is -0.0499. The monoisotopic (exact) mass is 462 g/mol. The first-order valence-corrected chi connectivity index (χ1v) is 10.8. The highest BCUT2D eigenvalue weighted by atomic mass is 35.5. The third-order valence-electron chi connectivity index (χ3n) is 4.71. The summed E-state index contributed by atoms with van der Waals surface area (Å²) in [7, 11) is -5.88. The van der Waals surface area contributed by atoms with Crippen molar-refractivity contribution in [2.24, 2.45) is 0 Å². The fourth-order valence-corrected chi connectivity index (χ4v) is 3.94. The normalized spacial score (nSPS) is 12.1. The first-order valence-electron chi connectivity index (χ1n) is 9.05. The first-order chi connectivity index (χ1) is 14.7. The Bertz CT molecular complexity index is 1350. The molecule has 0 aliphatic carbocycles. The molecule has 0 amide bonds. The van der Waals surface area contributed by atoms with Gasteiger partial charge in [0.2, 0.25) is 0 Å². The van der Waals surface area contributed by atoms with E-state index in [1.54, 1.807) is 72.8 Å². The highest BCUT2D eigenvalue weighted by Gasteiger charge is 2.49. The summed E-state index contributed by atoms with van der Waals surface area (Å²) in [5.41, 5.74) is -3.63. The van der Waals surface area contributed by atoms with Crippen molar-refractivity contribution in [1.82, 2.24) is 0 Å². The zero-order chi connectivity index (χ0) is 22.2. The van der Waals surface area contributed by atoms with Crippen LogP contribution in [0.1, 0.15) is 0 Å². The number of fused-ring (bicyclic) bond motifs is 1. The number of alkyl halides is 3. The molecule has 0 spiro atoms. The molecule has 3 nitrogen and oxygen atoms in total. The summed E-state index contributed by atoms with van der Waals surface area (Å²) in [5, 5.41) is 1.70. The van der Waals surface area contributed by atoms with Gasteiger partial charge in [0, 0.05) is 10.6 Å².